The molecular weight excluding hydrogens is 481 g/mol. The Morgan fingerprint density at radius 2 is 1.53 bits per heavy atom. The maximum atomic E-state index is 13.6. The van der Waals surface area contributed by atoms with Gasteiger partial charge in [-0.3, -0.25) is 24.6 Å². The topological polar surface area (TPSA) is 122 Å². The highest BCUT2D eigenvalue weighted by atomic mass is 19.4. The van der Waals surface area contributed by atoms with E-state index in [0.717, 1.165) is 12.1 Å². The van der Waals surface area contributed by atoms with E-state index in [2.05, 4.69) is 5.32 Å². The van der Waals surface area contributed by atoms with Gasteiger partial charge in [-0.25, -0.2) is 4.79 Å². The summed E-state index contributed by atoms with van der Waals surface area (Å²) in [5.74, 6) is -1.89. The highest BCUT2D eigenvalue weighted by molar-refractivity contribution is 6.12. The number of amides is 4. The Labute approximate surface area is 201 Å². The highest BCUT2D eigenvalue weighted by Gasteiger charge is 2.54. The lowest BCUT2D eigenvalue weighted by Crippen LogP contribution is -2.45. The van der Waals surface area contributed by atoms with E-state index in [-0.39, 0.29) is 0 Å². The van der Waals surface area contributed by atoms with Crippen LogP contribution in [0.4, 0.5) is 29.3 Å². The van der Waals surface area contributed by atoms with Crippen LogP contribution in [-0.4, -0.2) is 34.2 Å². The molecule has 1 aliphatic heterocycles. The summed E-state index contributed by atoms with van der Waals surface area (Å²) in [6, 6.07) is 17.5. The Bertz CT molecular complexity index is 1310. The van der Waals surface area contributed by atoms with Crippen molar-refractivity contribution in [2.24, 2.45) is 0 Å². The molecule has 0 unspecified atom stereocenters. The summed E-state index contributed by atoms with van der Waals surface area (Å²) in [7, 11) is 0. The zero-order valence-corrected chi connectivity index (χ0v) is 18.3. The van der Waals surface area contributed by atoms with Crippen LogP contribution in [0.15, 0.2) is 78.9 Å². The average molecular weight is 498 g/mol. The van der Waals surface area contributed by atoms with Gasteiger partial charge in [-0.1, -0.05) is 60.7 Å². The van der Waals surface area contributed by atoms with Gasteiger partial charge in [-0.15, -0.1) is 0 Å². The lowest BCUT2D eigenvalue weighted by atomic mass is 9.82. The van der Waals surface area contributed by atoms with Crippen LogP contribution >= 0.6 is 0 Å². The number of urea groups is 1. The number of hydrogen-bond acceptors (Lipinski definition) is 5. The first kappa shape index (κ1) is 24.4. The van der Waals surface area contributed by atoms with Crippen molar-refractivity contribution >= 4 is 29.2 Å². The summed E-state index contributed by atoms with van der Waals surface area (Å²) in [5, 5.41) is 15.5. The molecule has 0 radical (unpaired) electrons. The second kappa shape index (κ2) is 9.13. The number of nitrogens with one attached hydrogen (secondary N) is 2. The third-order valence-corrected chi connectivity index (χ3v) is 5.61. The van der Waals surface area contributed by atoms with Crippen LogP contribution < -0.4 is 10.6 Å². The van der Waals surface area contributed by atoms with Crippen LogP contribution in [0.5, 0.6) is 0 Å². The molecule has 3 aromatic rings. The maximum absolute atomic E-state index is 13.6. The smallest absolute Gasteiger partial charge is 0.324 e. The summed E-state index contributed by atoms with van der Waals surface area (Å²) < 4.78 is 40.3. The number of rotatable bonds is 6. The maximum Gasteiger partial charge on any atom is 0.418 e. The third kappa shape index (κ3) is 4.35. The quantitative estimate of drug-likeness (QED) is 0.302. The first-order valence-corrected chi connectivity index (χ1v) is 10.4. The van der Waals surface area contributed by atoms with Crippen molar-refractivity contribution in [2.75, 3.05) is 11.9 Å². The first-order chi connectivity index (χ1) is 17.0. The van der Waals surface area contributed by atoms with Crippen LogP contribution in [-0.2, 0) is 21.3 Å². The van der Waals surface area contributed by atoms with Crippen molar-refractivity contribution in [1.29, 1.82) is 0 Å². The van der Waals surface area contributed by atoms with Gasteiger partial charge in [0.05, 0.1) is 16.2 Å². The van der Waals surface area contributed by atoms with Gasteiger partial charge in [0.1, 0.15) is 6.54 Å². The van der Waals surface area contributed by atoms with Crippen molar-refractivity contribution in [3.8, 4) is 0 Å². The van der Waals surface area contributed by atoms with Gasteiger partial charge in [0.2, 0.25) is 5.91 Å². The first-order valence-electron chi connectivity index (χ1n) is 10.4. The Balaban J connectivity index is 1.64. The van der Waals surface area contributed by atoms with Gasteiger partial charge < -0.3 is 10.6 Å². The normalized spacial score (nSPS) is 14.9. The second-order valence-corrected chi connectivity index (χ2v) is 7.84. The summed E-state index contributed by atoms with van der Waals surface area (Å²) in [5.41, 5.74) is -3.80. The van der Waals surface area contributed by atoms with E-state index < -0.39 is 58.0 Å². The highest BCUT2D eigenvalue weighted by Crippen LogP contribution is 2.38. The molecule has 4 rings (SSSR count). The van der Waals surface area contributed by atoms with E-state index in [1.807, 2.05) is 5.32 Å². The van der Waals surface area contributed by atoms with Crippen molar-refractivity contribution in [3.63, 3.8) is 0 Å². The number of anilines is 1. The molecule has 4 amide bonds. The molecule has 1 saturated heterocycles. The average Bonchev–Trinajstić information content (AvgIpc) is 3.10. The lowest BCUT2D eigenvalue weighted by molar-refractivity contribution is -0.385. The Morgan fingerprint density at radius 3 is 2.03 bits per heavy atom. The fourth-order valence-electron chi connectivity index (χ4n) is 3.98. The second-order valence-electron chi connectivity index (χ2n) is 7.84. The van der Waals surface area contributed by atoms with Crippen LogP contribution in [0.3, 0.4) is 0 Å². The molecule has 0 aromatic heterocycles. The minimum atomic E-state index is -5.01. The summed E-state index contributed by atoms with van der Waals surface area (Å²) in [6.45, 7) is -0.889. The van der Waals surface area contributed by atoms with Crippen LogP contribution in [0.2, 0.25) is 0 Å². The molecule has 0 saturated carbocycles. The van der Waals surface area contributed by atoms with E-state index >= 15 is 0 Å². The Kier molecular flexibility index (Phi) is 6.19. The van der Waals surface area contributed by atoms with E-state index in [1.54, 1.807) is 60.7 Å². The number of hydrogen-bond donors (Lipinski definition) is 2. The number of carbonyl (C=O) groups excluding carboxylic acids is 3. The number of alkyl halides is 3. The van der Waals surface area contributed by atoms with Crippen molar-refractivity contribution in [3.05, 3.63) is 106 Å². The van der Waals surface area contributed by atoms with Crippen LogP contribution in [0, 0.1) is 10.1 Å². The number of nitro groups is 1. The monoisotopic (exact) mass is 498 g/mol. The number of non-ortho nitro benzene ring substituents is 1. The Morgan fingerprint density at radius 1 is 0.972 bits per heavy atom. The van der Waals surface area contributed by atoms with Gasteiger partial charge in [-0.2, -0.15) is 13.2 Å². The molecule has 3 aromatic carbocycles. The predicted molar refractivity (Wildman–Crippen MR) is 121 cm³/mol. The van der Waals surface area contributed by atoms with Gasteiger partial charge in [-0.05, 0) is 17.2 Å². The molecule has 9 nitrogen and oxygen atoms in total. The number of halogens is 3. The van der Waals surface area contributed by atoms with Gasteiger partial charge in [0.15, 0.2) is 5.54 Å². The van der Waals surface area contributed by atoms with E-state index in [0.29, 0.717) is 22.1 Å². The molecular formula is C24H17F3N4O5. The van der Waals surface area contributed by atoms with Gasteiger partial charge in [0.25, 0.3) is 11.6 Å². The van der Waals surface area contributed by atoms with Crippen molar-refractivity contribution in [2.45, 2.75) is 11.7 Å². The van der Waals surface area contributed by atoms with Gasteiger partial charge >= 0.3 is 12.2 Å². The summed E-state index contributed by atoms with van der Waals surface area (Å²) in [4.78, 5) is 49.6. The molecule has 0 atom stereocenters. The van der Waals surface area contributed by atoms with E-state index in [4.69, 9.17) is 0 Å². The molecule has 184 valence electrons. The van der Waals surface area contributed by atoms with Gasteiger partial charge in [0, 0.05) is 12.1 Å². The van der Waals surface area contributed by atoms with Crippen molar-refractivity contribution in [1.82, 2.24) is 10.2 Å². The predicted octanol–water partition coefficient (Wildman–Crippen LogP) is 4.05. The number of nitrogens with zero attached hydrogens (tertiary/aromatic N) is 2. The Hall–Kier alpha value is -4.74. The minimum absolute atomic E-state index is 0.291. The molecule has 0 aliphatic carbocycles. The zero-order valence-electron chi connectivity index (χ0n) is 18.3. The zero-order chi connectivity index (χ0) is 26.1. The van der Waals surface area contributed by atoms with Crippen molar-refractivity contribution < 1.29 is 32.5 Å². The molecule has 0 bridgehead atoms. The number of nitro benzene ring substituents is 1. The molecule has 0 spiro atoms. The molecule has 36 heavy (non-hydrogen) atoms. The number of benzene rings is 3. The lowest BCUT2D eigenvalue weighted by Gasteiger charge is -2.28. The fraction of sp³-hybridized carbons (Fsp3) is 0.125. The summed E-state index contributed by atoms with van der Waals surface area (Å²) >= 11 is 0. The third-order valence-electron chi connectivity index (χ3n) is 5.61. The van der Waals surface area contributed by atoms with E-state index in [1.165, 1.54) is 0 Å². The standard InChI is InChI=1S/C24H17F3N4O5/c25-24(26,27)18-13-17(31(35)36)11-12-19(18)28-20(32)14-30-21(33)23(29-22(30)34,15-7-3-1-4-8-15)16-9-5-2-6-10-16/h1-13H,14H2,(H,28,32)(H,29,34). The largest absolute Gasteiger partial charge is 0.418 e. The minimum Gasteiger partial charge on any atom is -0.324 e. The number of carbonyl (C=O) groups is 3. The molecule has 1 fully saturated rings. The fourth-order valence-corrected chi connectivity index (χ4v) is 3.98. The van der Waals surface area contributed by atoms with E-state index in [9.17, 15) is 37.7 Å². The SMILES string of the molecule is O=C(CN1C(=O)NC(c2ccccc2)(c2ccccc2)C1=O)Nc1ccc([N+](=O)[O-])cc1C(F)(F)F. The van der Waals surface area contributed by atoms with Crippen LogP contribution in [0.25, 0.3) is 0 Å². The number of imide groups is 1. The molecule has 1 heterocycles. The summed E-state index contributed by atoms with van der Waals surface area (Å²) in [6.07, 6.45) is -5.01. The molecule has 2 N–H and O–H groups in total. The molecule has 12 heteroatoms. The van der Waals surface area contributed by atoms with Crippen LogP contribution in [0.1, 0.15) is 16.7 Å². The molecule has 1 aliphatic rings.